The summed E-state index contributed by atoms with van der Waals surface area (Å²) in [6, 6.07) is 4.45. The number of hydrogen-bond acceptors (Lipinski definition) is 4. The van der Waals surface area contributed by atoms with Gasteiger partial charge in [-0.1, -0.05) is 6.92 Å². The molecule has 1 heterocycles. The van der Waals surface area contributed by atoms with Crippen molar-refractivity contribution in [1.29, 1.82) is 0 Å². The molecule has 0 saturated carbocycles. The van der Waals surface area contributed by atoms with Crippen LogP contribution in [0.15, 0.2) is 15.9 Å². The summed E-state index contributed by atoms with van der Waals surface area (Å²) in [5.74, 6) is 0. The Morgan fingerprint density at radius 2 is 2.31 bits per heavy atom. The van der Waals surface area contributed by atoms with Crippen molar-refractivity contribution in [2.24, 2.45) is 5.73 Å². The van der Waals surface area contributed by atoms with E-state index in [-0.39, 0.29) is 12.6 Å². The maximum Gasteiger partial charge on any atom is 0.0702 e. The molecule has 0 saturated heterocycles. The molecule has 0 aliphatic heterocycles. The fraction of sp³-hybridized carbons (Fsp3) is 0.636. The van der Waals surface area contributed by atoms with Crippen LogP contribution in [0.1, 0.15) is 24.3 Å². The van der Waals surface area contributed by atoms with Crippen LogP contribution in [0.3, 0.4) is 0 Å². The summed E-state index contributed by atoms with van der Waals surface area (Å²) in [5.41, 5.74) is 5.85. The third kappa shape index (κ3) is 3.82. The molecule has 0 fully saturated rings. The Bertz CT molecular complexity index is 306. The second kappa shape index (κ2) is 7.40. The smallest absolute Gasteiger partial charge is 0.0702 e. The van der Waals surface area contributed by atoms with E-state index in [9.17, 15) is 0 Å². The highest BCUT2D eigenvalue weighted by atomic mass is 79.9. The molecule has 0 bridgehead atoms. The number of aliphatic hydroxyl groups excluding tert-OH is 1. The van der Waals surface area contributed by atoms with Crippen LogP contribution in [0.2, 0.25) is 0 Å². The van der Waals surface area contributed by atoms with Crippen molar-refractivity contribution in [2.75, 3.05) is 26.2 Å². The topological polar surface area (TPSA) is 49.5 Å². The van der Waals surface area contributed by atoms with E-state index in [2.05, 4.69) is 39.9 Å². The minimum absolute atomic E-state index is 0.238. The molecule has 92 valence electrons. The van der Waals surface area contributed by atoms with E-state index >= 15 is 0 Å². The zero-order chi connectivity index (χ0) is 12.0. The Morgan fingerprint density at radius 1 is 1.56 bits per heavy atom. The van der Waals surface area contributed by atoms with Gasteiger partial charge in [-0.25, -0.2) is 0 Å². The van der Waals surface area contributed by atoms with Gasteiger partial charge in [-0.15, -0.1) is 11.3 Å². The summed E-state index contributed by atoms with van der Waals surface area (Å²) in [6.07, 6.45) is 0.802. The second-order valence-electron chi connectivity index (χ2n) is 3.60. The van der Waals surface area contributed by atoms with Gasteiger partial charge in [0, 0.05) is 24.6 Å². The summed E-state index contributed by atoms with van der Waals surface area (Å²) in [6.45, 7) is 4.83. The van der Waals surface area contributed by atoms with Gasteiger partial charge >= 0.3 is 0 Å². The standard InChI is InChI=1S/C11H19BrN2OS/c1-2-14(6-3-7-15)9(8-13)10-4-5-11(12)16-10/h4-5,9,15H,2-3,6-8,13H2,1H3. The van der Waals surface area contributed by atoms with Crippen molar-refractivity contribution >= 4 is 27.3 Å². The maximum atomic E-state index is 8.88. The molecule has 1 aromatic rings. The molecule has 0 aliphatic carbocycles. The van der Waals surface area contributed by atoms with Gasteiger partial charge in [0.15, 0.2) is 0 Å². The lowest BCUT2D eigenvalue weighted by molar-refractivity contribution is 0.187. The molecule has 1 rings (SSSR count). The predicted octanol–water partition coefficient (Wildman–Crippen LogP) is 2.21. The van der Waals surface area contributed by atoms with E-state index in [1.165, 1.54) is 4.88 Å². The molecular weight excluding hydrogens is 288 g/mol. The third-order valence-electron chi connectivity index (χ3n) is 2.60. The van der Waals surface area contributed by atoms with Crippen molar-refractivity contribution in [3.63, 3.8) is 0 Å². The largest absolute Gasteiger partial charge is 0.396 e. The Kier molecular flexibility index (Phi) is 6.53. The van der Waals surface area contributed by atoms with Gasteiger partial charge in [0.25, 0.3) is 0 Å². The van der Waals surface area contributed by atoms with Crippen LogP contribution >= 0.6 is 27.3 Å². The molecule has 0 amide bonds. The fourth-order valence-corrected chi connectivity index (χ4v) is 3.33. The van der Waals surface area contributed by atoms with Crippen LogP contribution in [0.5, 0.6) is 0 Å². The summed E-state index contributed by atoms with van der Waals surface area (Å²) in [4.78, 5) is 3.60. The van der Waals surface area contributed by atoms with Crippen molar-refractivity contribution in [3.8, 4) is 0 Å². The molecule has 3 N–H and O–H groups in total. The van der Waals surface area contributed by atoms with Crippen LogP contribution in [0.4, 0.5) is 0 Å². The molecular formula is C11H19BrN2OS. The number of rotatable bonds is 7. The molecule has 1 aromatic heterocycles. The summed E-state index contributed by atoms with van der Waals surface area (Å²) < 4.78 is 1.14. The third-order valence-corrected chi connectivity index (χ3v) is 4.32. The number of nitrogens with zero attached hydrogens (tertiary/aromatic N) is 1. The van der Waals surface area contributed by atoms with Gasteiger partial charge < -0.3 is 10.8 Å². The summed E-state index contributed by atoms with van der Waals surface area (Å²) in [5, 5.41) is 8.88. The van der Waals surface area contributed by atoms with E-state index in [0.29, 0.717) is 6.54 Å². The van der Waals surface area contributed by atoms with Crippen molar-refractivity contribution in [1.82, 2.24) is 4.90 Å². The van der Waals surface area contributed by atoms with Gasteiger partial charge in [0.05, 0.1) is 9.83 Å². The van der Waals surface area contributed by atoms with Crippen LogP contribution < -0.4 is 5.73 Å². The highest BCUT2D eigenvalue weighted by Gasteiger charge is 2.18. The number of halogens is 1. The molecule has 16 heavy (non-hydrogen) atoms. The molecule has 1 atom stereocenters. The molecule has 0 aliphatic rings. The molecule has 5 heteroatoms. The Morgan fingerprint density at radius 3 is 2.75 bits per heavy atom. The highest BCUT2D eigenvalue weighted by Crippen LogP contribution is 2.30. The fourth-order valence-electron chi connectivity index (χ4n) is 1.76. The number of likely N-dealkylation sites (N-methyl/N-ethyl adjacent to an activating group) is 1. The SMILES string of the molecule is CCN(CCCO)C(CN)c1ccc(Br)s1. The maximum absolute atomic E-state index is 8.88. The van der Waals surface area contributed by atoms with Crippen LogP contribution in [-0.2, 0) is 0 Å². The quantitative estimate of drug-likeness (QED) is 0.812. The van der Waals surface area contributed by atoms with Crippen LogP contribution in [0.25, 0.3) is 0 Å². The lowest BCUT2D eigenvalue weighted by Crippen LogP contribution is -2.34. The minimum atomic E-state index is 0.238. The normalized spacial score (nSPS) is 13.3. The molecule has 3 nitrogen and oxygen atoms in total. The lowest BCUT2D eigenvalue weighted by atomic mass is 10.2. The Balaban J connectivity index is 2.70. The van der Waals surface area contributed by atoms with E-state index in [4.69, 9.17) is 10.8 Å². The van der Waals surface area contributed by atoms with Crippen LogP contribution in [0, 0.1) is 0 Å². The van der Waals surface area contributed by atoms with E-state index < -0.39 is 0 Å². The van der Waals surface area contributed by atoms with Crippen molar-refractivity contribution < 1.29 is 5.11 Å². The molecule has 0 spiro atoms. The summed E-state index contributed by atoms with van der Waals surface area (Å²) in [7, 11) is 0. The number of aliphatic hydroxyl groups is 1. The van der Waals surface area contributed by atoms with Gasteiger partial charge in [-0.05, 0) is 41.0 Å². The van der Waals surface area contributed by atoms with E-state index in [1.54, 1.807) is 11.3 Å². The van der Waals surface area contributed by atoms with E-state index in [1.807, 2.05) is 0 Å². The van der Waals surface area contributed by atoms with Gasteiger partial charge in [0.1, 0.15) is 0 Å². The van der Waals surface area contributed by atoms with Gasteiger partial charge in [-0.3, -0.25) is 4.90 Å². The number of thiophene rings is 1. The Labute approximate surface area is 109 Å². The highest BCUT2D eigenvalue weighted by molar-refractivity contribution is 9.11. The van der Waals surface area contributed by atoms with Crippen LogP contribution in [-0.4, -0.2) is 36.2 Å². The molecule has 1 unspecified atom stereocenters. The zero-order valence-electron chi connectivity index (χ0n) is 9.53. The monoisotopic (exact) mass is 306 g/mol. The number of nitrogens with two attached hydrogens (primary N) is 1. The van der Waals surface area contributed by atoms with Gasteiger partial charge in [0.2, 0.25) is 0 Å². The first-order chi connectivity index (χ1) is 7.72. The second-order valence-corrected chi connectivity index (χ2v) is 6.09. The average Bonchev–Trinajstić information content (AvgIpc) is 2.70. The van der Waals surface area contributed by atoms with Crippen molar-refractivity contribution in [2.45, 2.75) is 19.4 Å². The number of hydrogen-bond donors (Lipinski definition) is 2. The minimum Gasteiger partial charge on any atom is -0.396 e. The molecule has 0 radical (unpaired) electrons. The van der Waals surface area contributed by atoms with E-state index in [0.717, 1.165) is 23.3 Å². The average molecular weight is 307 g/mol. The first kappa shape index (κ1) is 14.1. The first-order valence-electron chi connectivity index (χ1n) is 5.53. The summed E-state index contributed by atoms with van der Waals surface area (Å²) >= 11 is 5.20. The first-order valence-corrected chi connectivity index (χ1v) is 7.14. The van der Waals surface area contributed by atoms with Gasteiger partial charge in [-0.2, -0.15) is 0 Å². The predicted molar refractivity (Wildman–Crippen MR) is 72.8 cm³/mol. The Hall–Kier alpha value is 0.0600. The lowest BCUT2D eigenvalue weighted by Gasteiger charge is -2.28. The van der Waals surface area contributed by atoms with Crippen molar-refractivity contribution in [3.05, 3.63) is 20.8 Å². The molecule has 0 aromatic carbocycles. The zero-order valence-corrected chi connectivity index (χ0v) is 11.9.